The highest BCUT2D eigenvalue weighted by atomic mass is 79.9. The number of hydrogen-bond acceptors (Lipinski definition) is 3. The van der Waals surface area contributed by atoms with E-state index in [1.165, 1.54) is 5.56 Å². The highest BCUT2D eigenvalue weighted by molar-refractivity contribution is 9.10. The van der Waals surface area contributed by atoms with Gasteiger partial charge in [0.25, 0.3) is 11.8 Å². The minimum absolute atomic E-state index is 0.129. The molecule has 3 aromatic carbocycles. The lowest BCUT2D eigenvalue weighted by Crippen LogP contribution is -2.27. The first-order valence-electron chi connectivity index (χ1n) is 11.0. The number of ether oxygens (including phenoxy) is 1. The van der Waals surface area contributed by atoms with Crippen molar-refractivity contribution in [3.63, 3.8) is 0 Å². The number of benzene rings is 3. The number of carbonyl (C=O) groups is 2. The lowest BCUT2D eigenvalue weighted by Gasteiger charge is -2.15. The topological polar surface area (TPSA) is 67.4 Å². The van der Waals surface area contributed by atoms with Crippen molar-refractivity contribution in [1.82, 2.24) is 5.32 Å². The standard InChI is InChI=1S/C27H29BrN2O3/c1-4-18(2)21-13-14-25(24(28)16-21)33-17-26(31)30-23-12-8-11-22(15-23)27(32)29-19(3)20-9-6-5-7-10-20/h5-16,18-19H,4,17H2,1-3H3,(H,29,32)(H,30,31). The van der Waals surface area contributed by atoms with E-state index < -0.39 is 0 Å². The molecule has 2 N–H and O–H groups in total. The summed E-state index contributed by atoms with van der Waals surface area (Å²) in [5.74, 6) is 0.561. The molecule has 0 heterocycles. The predicted octanol–water partition coefficient (Wildman–Crippen LogP) is 6.47. The Morgan fingerprint density at radius 1 is 0.939 bits per heavy atom. The van der Waals surface area contributed by atoms with Crippen molar-refractivity contribution < 1.29 is 14.3 Å². The molecule has 0 aliphatic carbocycles. The average Bonchev–Trinajstić information content (AvgIpc) is 2.83. The van der Waals surface area contributed by atoms with E-state index in [0.717, 1.165) is 16.5 Å². The Kier molecular flexibility index (Phi) is 8.66. The van der Waals surface area contributed by atoms with Crippen LogP contribution >= 0.6 is 15.9 Å². The van der Waals surface area contributed by atoms with Crippen molar-refractivity contribution >= 4 is 33.4 Å². The maximum Gasteiger partial charge on any atom is 0.262 e. The summed E-state index contributed by atoms with van der Waals surface area (Å²) in [6.07, 6.45) is 1.05. The number of nitrogens with one attached hydrogen (secondary N) is 2. The molecule has 172 valence electrons. The fraction of sp³-hybridized carbons (Fsp3) is 0.259. The number of hydrogen-bond donors (Lipinski definition) is 2. The minimum Gasteiger partial charge on any atom is -0.483 e. The summed E-state index contributed by atoms with van der Waals surface area (Å²) in [7, 11) is 0. The van der Waals surface area contributed by atoms with Gasteiger partial charge in [0.05, 0.1) is 10.5 Å². The fourth-order valence-corrected chi connectivity index (χ4v) is 3.87. The maximum absolute atomic E-state index is 12.7. The Bertz CT molecular complexity index is 1100. The molecular weight excluding hydrogens is 480 g/mol. The van der Waals surface area contributed by atoms with Gasteiger partial charge in [-0.15, -0.1) is 0 Å². The highest BCUT2D eigenvalue weighted by Crippen LogP contribution is 2.30. The van der Waals surface area contributed by atoms with Crippen molar-refractivity contribution in [1.29, 1.82) is 0 Å². The van der Waals surface area contributed by atoms with Gasteiger partial charge in [0.15, 0.2) is 6.61 Å². The van der Waals surface area contributed by atoms with Crippen molar-refractivity contribution in [2.24, 2.45) is 0 Å². The zero-order valence-electron chi connectivity index (χ0n) is 19.1. The first-order valence-corrected chi connectivity index (χ1v) is 11.8. The zero-order chi connectivity index (χ0) is 23.8. The number of rotatable bonds is 9. The Morgan fingerprint density at radius 2 is 1.70 bits per heavy atom. The Hall–Kier alpha value is -3.12. The lowest BCUT2D eigenvalue weighted by molar-refractivity contribution is -0.118. The van der Waals surface area contributed by atoms with Crippen molar-refractivity contribution in [3.05, 3.63) is 94.0 Å². The molecular formula is C27H29BrN2O3. The van der Waals surface area contributed by atoms with Crippen LogP contribution in [-0.4, -0.2) is 18.4 Å². The van der Waals surface area contributed by atoms with E-state index in [-0.39, 0.29) is 24.5 Å². The van der Waals surface area contributed by atoms with Gasteiger partial charge >= 0.3 is 0 Å². The van der Waals surface area contributed by atoms with Gasteiger partial charge < -0.3 is 15.4 Å². The summed E-state index contributed by atoms with van der Waals surface area (Å²) in [6.45, 7) is 6.12. The Balaban J connectivity index is 1.56. The summed E-state index contributed by atoms with van der Waals surface area (Å²) >= 11 is 3.52. The van der Waals surface area contributed by atoms with Crippen LogP contribution in [0.25, 0.3) is 0 Å². The summed E-state index contributed by atoms with van der Waals surface area (Å²) in [6, 6.07) is 22.4. The third-order valence-corrected chi connectivity index (χ3v) is 6.17. The quantitative estimate of drug-likeness (QED) is 0.347. The number of halogens is 1. The first-order chi connectivity index (χ1) is 15.9. The van der Waals surface area contributed by atoms with E-state index >= 15 is 0 Å². The number of amides is 2. The van der Waals surface area contributed by atoms with Crippen LogP contribution in [0, 0.1) is 0 Å². The van der Waals surface area contributed by atoms with E-state index in [4.69, 9.17) is 4.74 Å². The first kappa shape index (κ1) is 24.5. The SMILES string of the molecule is CCC(C)c1ccc(OCC(=O)Nc2cccc(C(=O)NC(C)c3ccccc3)c2)c(Br)c1. The molecule has 3 rings (SSSR count). The normalized spacial score (nSPS) is 12.5. The summed E-state index contributed by atoms with van der Waals surface area (Å²) in [4.78, 5) is 25.1. The van der Waals surface area contributed by atoms with Crippen molar-refractivity contribution in [3.8, 4) is 5.75 Å². The zero-order valence-corrected chi connectivity index (χ0v) is 20.7. The maximum atomic E-state index is 12.7. The molecule has 2 amide bonds. The molecule has 3 aromatic rings. The Labute approximate surface area is 203 Å². The van der Waals surface area contributed by atoms with Gasteiger partial charge in [-0.25, -0.2) is 0 Å². The Morgan fingerprint density at radius 3 is 2.39 bits per heavy atom. The van der Waals surface area contributed by atoms with Crippen LogP contribution in [0.1, 0.15) is 60.6 Å². The minimum atomic E-state index is -0.303. The van der Waals surface area contributed by atoms with Gasteiger partial charge in [0.1, 0.15) is 5.75 Å². The second-order valence-corrected chi connectivity index (χ2v) is 8.88. The van der Waals surface area contributed by atoms with Gasteiger partial charge in [-0.05, 0) is 76.7 Å². The van der Waals surface area contributed by atoms with E-state index in [1.54, 1.807) is 24.3 Å². The van der Waals surface area contributed by atoms with Crippen LogP contribution in [0.4, 0.5) is 5.69 Å². The molecule has 2 unspecified atom stereocenters. The van der Waals surface area contributed by atoms with Crippen LogP contribution in [0.2, 0.25) is 0 Å². The molecule has 0 saturated carbocycles. The average molecular weight is 509 g/mol. The largest absolute Gasteiger partial charge is 0.483 e. The number of anilines is 1. The lowest BCUT2D eigenvalue weighted by atomic mass is 9.99. The van der Waals surface area contributed by atoms with E-state index in [1.807, 2.05) is 55.5 Å². The molecule has 0 saturated heterocycles. The van der Waals surface area contributed by atoms with Crippen molar-refractivity contribution in [2.75, 3.05) is 11.9 Å². The van der Waals surface area contributed by atoms with Gasteiger partial charge in [-0.1, -0.05) is 56.3 Å². The van der Waals surface area contributed by atoms with Crippen LogP contribution < -0.4 is 15.4 Å². The number of carbonyl (C=O) groups excluding carboxylic acids is 2. The summed E-state index contributed by atoms with van der Waals surface area (Å²) < 4.78 is 6.50. The molecule has 2 atom stereocenters. The van der Waals surface area contributed by atoms with Crippen LogP contribution in [0.5, 0.6) is 5.75 Å². The van der Waals surface area contributed by atoms with E-state index in [0.29, 0.717) is 22.9 Å². The third kappa shape index (κ3) is 6.93. The third-order valence-electron chi connectivity index (χ3n) is 5.55. The highest BCUT2D eigenvalue weighted by Gasteiger charge is 2.13. The second-order valence-electron chi connectivity index (χ2n) is 8.02. The van der Waals surface area contributed by atoms with Crippen LogP contribution in [0.3, 0.4) is 0 Å². The van der Waals surface area contributed by atoms with Crippen LogP contribution in [-0.2, 0) is 4.79 Å². The van der Waals surface area contributed by atoms with Gasteiger partial charge in [-0.2, -0.15) is 0 Å². The smallest absolute Gasteiger partial charge is 0.262 e. The molecule has 5 nitrogen and oxygen atoms in total. The van der Waals surface area contributed by atoms with E-state index in [2.05, 4.69) is 40.4 Å². The second kappa shape index (κ2) is 11.7. The molecule has 0 spiro atoms. The molecule has 0 aromatic heterocycles. The monoisotopic (exact) mass is 508 g/mol. The fourth-order valence-electron chi connectivity index (χ4n) is 3.36. The molecule has 0 radical (unpaired) electrons. The molecule has 0 bridgehead atoms. The van der Waals surface area contributed by atoms with Gasteiger partial charge in [-0.3, -0.25) is 9.59 Å². The molecule has 33 heavy (non-hydrogen) atoms. The molecule has 0 aliphatic heterocycles. The van der Waals surface area contributed by atoms with Gasteiger partial charge in [0, 0.05) is 11.3 Å². The molecule has 0 fully saturated rings. The summed E-state index contributed by atoms with van der Waals surface area (Å²) in [5, 5.41) is 5.77. The predicted molar refractivity (Wildman–Crippen MR) is 136 cm³/mol. The van der Waals surface area contributed by atoms with E-state index in [9.17, 15) is 9.59 Å². The van der Waals surface area contributed by atoms with Gasteiger partial charge in [0.2, 0.25) is 0 Å². The van der Waals surface area contributed by atoms with Crippen molar-refractivity contribution in [2.45, 2.75) is 39.2 Å². The van der Waals surface area contributed by atoms with Crippen LogP contribution in [0.15, 0.2) is 77.3 Å². The molecule has 6 heteroatoms. The molecule has 0 aliphatic rings. The summed E-state index contributed by atoms with van der Waals surface area (Å²) in [5.41, 5.74) is 3.25.